The molecule has 7 nitrogen and oxygen atoms in total. The average Bonchev–Trinajstić information content (AvgIpc) is 3.21. The van der Waals surface area contributed by atoms with E-state index in [0.717, 1.165) is 10.9 Å². The molecule has 2 heterocycles. The molecule has 0 saturated carbocycles. The predicted molar refractivity (Wildman–Crippen MR) is 131 cm³/mol. The van der Waals surface area contributed by atoms with Gasteiger partial charge >= 0.3 is 0 Å². The smallest absolute Gasteiger partial charge is 0.271 e. The molecular weight excluding hydrogens is 442 g/mol. The first-order chi connectivity index (χ1) is 16.8. The summed E-state index contributed by atoms with van der Waals surface area (Å²) in [5, 5.41) is 15.8. The molecule has 2 aliphatic carbocycles. The molecule has 0 spiro atoms. The van der Waals surface area contributed by atoms with Crippen molar-refractivity contribution in [1.29, 1.82) is 0 Å². The number of ketones is 1. The van der Waals surface area contributed by atoms with Crippen molar-refractivity contribution in [1.82, 2.24) is 10.3 Å². The van der Waals surface area contributed by atoms with Gasteiger partial charge in [0.1, 0.15) is 11.4 Å². The molecule has 3 unspecified atom stereocenters. The average molecular weight is 468 g/mol. The number of benzene rings is 2. The number of Topliss-reactive ketones (excluding diaryl/α,β-unsaturated/α-hetero) is 1. The molecule has 6 rings (SSSR count). The number of nitrogens with zero attached hydrogens (tertiary/aromatic N) is 1. The van der Waals surface area contributed by atoms with Gasteiger partial charge in [-0.25, -0.2) is 4.98 Å². The summed E-state index contributed by atoms with van der Waals surface area (Å²) in [5.41, 5.74) is 7.16. The van der Waals surface area contributed by atoms with Crippen LogP contribution in [0.1, 0.15) is 47.8 Å². The van der Waals surface area contributed by atoms with Crippen molar-refractivity contribution in [2.45, 2.75) is 43.6 Å². The lowest BCUT2D eigenvalue weighted by atomic mass is 9.81. The molecule has 0 bridgehead atoms. The molecule has 7 heteroatoms. The van der Waals surface area contributed by atoms with E-state index < -0.39 is 29.1 Å². The Kier molecular flexibility index (Phi) is 4.55. The number of nitrogens with one attached hydrogen (secondary N) is 1. The van der Waals surface area contributed by atoms with Gasteiger partial charge in [-0.15, -0.1) is 0 Å². The van der Waals surface area contributed by atoms with Crippen LogP contribution in [-0.4, -0.2) is 33.6 Å². The van der Waals surface area contributed by atoms with E-state index in [-0.39, 0.29) is 22.8 Å². The molecule has 0 saturated heterocycles. The summed E-state index contributed by atoms with van der Waals surface area (Å²) < 4.78 is 6.14. The number of ether oxygens (including phenoxy) is 1. The Bertz CT molecular complexity index is 1490. The van der Waals surface area contributed by atoms with Crippen LogP contribution in [0, 0.1) is 0 Å². The number of aromatic nitrogens is 1. The zero-order chi connectivity index (χ0) is 24.5. The summed E-state index contributed by atoms with van der Waals surface area (Å²) in [6.45, 7) is 4.09. The number of carbonyl (C=O) groups is 2. The van der Waals surface area contributed by atoms with Gasteiger partial charge in [0.15, 0.2) is 5.78 Å². The maximum absolute atomic E-state index is 14.1. The first-order valence-corrected chi connectivity index (χ1v) is 11.7. The van der Waals surface area contributed by atoms with Crippen LogP contribution in [0.25, 0.3) is 10.9 Å². The molecule has 0 radical (unpaired) electrons. The molecule has 3 aromatic rings. The third-order valence-corrected chi connectivity index (χ3v) is 7.26. The molecule has 4 N–H and O–H groups in total. The Labute approximate surface area is 202 Å². The number of rotatable bonds is 3. The van der Waals surface area contributed by atoms with E-state index >= 15 is 0 Å². The zero-order valence-corrected chi connectivity index (χ0v) is 19.4. The number of fused-ring (bicyclic) bond motifs is 5. The summed E-state index contributed by atoms with van der Waals surface area (Å²) in [7, 11) is 0. The minimum Gasteiger partial charge on any atom is -0.454 e. The predicted octanol–water partition coefficient (Wildman–Crippen LogP) is 3.23. The number of aliphatic hydroxyl groups is 1. The molecule has 1 amide bonds. The van der Waals surface area contributed by atoms with E-state index in [1.165, 1.54) is 0 Å². The van der Waals surface area contributed by atoms with Crippen molar-refractivity contribution >= 4 is 22.6 Å². The van der Waals surface area contributed by atoms with Crippen molar-refractivity contribution < 1.29 is 19.4 Å². The Balaban J connectivity index is 1.51. The number of hydrogen-bond donors (Lipinski definition) is 3. The first kappa shape index (κ1) is 21.7. The largest absolute Gasteiger partial charge is 0.454 e. The fourth-order valence-electron chi connectivity index (χ4n) is 5.41. The number of pyridine rings is 1. The quantitative estimate of drug-likeness (QED) is 0.545. The minimum absolute atomic E-state index is 0.130. The molecule has 3 atom stereocenters. The molecule has 35 heavy (non-hydrogen) atoms. The zero-order valence-electron chi connectivity index (χ0n) is 19.4. The van der Waals surface area contributed by atoms with Crippen molar-refractivity contribution in [2.24, 2.45) is 5.73 Å². The van der Waals surface area contributed by atoms with Crippen LogP contribution in [0.4, 0.5) is 0 Å². The van der Waals surface area contributed by atoms with Crippen LogP contribution in [-0.2, 0) is 10.3 Å². The summed E-state index contributed by atoms with van der Waals surface area (Å²) >= 11 is 0. The molecule has 0 fully saturated rings. The second-order valence-corrected chi connectivity index (χ2v) is 9.65. The van der Waals surface area contributed by atoms with E-state index in [1.807, 2.05) is 56.3 Å². The van der Waals surface area contributed by atoms with Gasteiger partial charge in [0, 0.05) is 28.1 Å². The van der Waals surface area contributed by atoms with Gasteiger partial charge in [0.25, 0.3) is 11.7 Å². The molecule has 1 aromatic heterocycles. The highest BCUT2D eigenvalue weighted by Crippen LogP contribution is 2.57. The standard InChI is InChI=1S/C28H25N3O4/c1-15(2)17-10-12-18-23(14-17)35-28(34)19-7-5-8-20(29)24(19)25(32)27(18,28)31-26(33)22-13-11-16-6-3-4-9-21(16)30-22/h3-7,9-15,20,34H,8,29H2,1-2H3,(H,31,33). The Hall–Kier alpha value is -3.81. The summed E-state index contributed by atoms with van der Waals surface area (Å²) in [4.78, 5) is 32.1. The normalized spacial score (nSPS) is 26.5. The van der Waals surface area contributed by atoms with Crippen LogP contribution in [0.15, 0.2) is 77.9 Å². The van der Waals surface area contributed by atoms with Crippen molar-refractivity contribution in [3.8, 4) is 5.75 Å². The van der Waals surface area contributed by atoms with E-state index in [2.05, 4.69) is 10.3 Å². The number of para-hydroxylation sites is 1. The molecule has 2 aromatic carbocycles. The SMILES string of the molecule is CC(C)c1ccc2c(c1)OC1(O)C3=C(C(=O)C21NC(=O)c1ccc2ccccc2n1)C(N)CC=C3. The number of amides is 1. The second-order valence-electron chi connectivity index (χ2n) is 9.65. The van der Waals surface area contributed by atoms with Gasteiger partial charge in [-0.3, -0.25) is 9.59 Å². The number of hydrogen-bond acceptors (Lipinski definition) is 6. The molecular formula is C28H25N3O4. The van der Waals surface area contributed by atoms with E-state index in [9.17, 15) is 14.7 Å². The van der Waals surface area contributed by atoms with E-state index in [4.69, 9.17) is 10.5 Å². The van der Waals surface area contributed by atoms with Gasteiger partial charge in [0.2, 0.25) is 5.54 Å². The first-order valence-electron chi connectivity index (χ1n) is 11.7. The Morgan fingerprint density at radius 1 is 1.20 bits per heavy atom. The van der Waals surface area contributed by atoms with Crippen LogP contribution < -0.4 is 15.8 Å². The Morgan fingerprint density at radius 2 is 2.00 bits per heavy atom. The van der Waals surface area contributed by atoms with E-state index in [1.54, 1.807) is 24.3 Å². The van der Waals surface area contributed by atoms with Gasteiger partial charge < -0.3 is 20.9 Å². The summed E-state index contributed by atoms with van der Waals surface area (Å²) in [5.74, 6) is -2.61. The lowest BCUT2D eigenvalue weighted by Gasteiger charge is -2.35. The lowest BCUT2D eigenvalue weighted by Crippen LogP contribution is -2.63. The second kappa shape index (κ2) is 7.34. The van der Waals surface area contributed by atoms with Gasteiger partial charge in [0.05, 0.1) is 5.52 Å². The van der Waals surface area contributed by atoms with Crippen LogP contribution in [0.2, 0.25) is 0 Å². The highest BCUT2D eigenvalue weighted by molar-refractivity contribution is 6.14. The maximum atomic E-state index is 14.1. The topological polar surface area (TPSA) is 115 Å². The van der Waals surface area contributed by atoms with E-state index in [0.29, 0.717) is 23.3 Å². The highest BCUT2D eigenvalue weighted by atomic mass is 16.6. The lowest BCUT2D eigenvalue weighted by molar-refractivity contribution is -0.154. The third-order valence-electron chi connectivity index (χ3n) is 7.26. The Morgan fingerprint density at radius 3 is 2.80 bits per heavy atom. The van der Waals surface area contributed by atoms with Crippen molar-refractivity contribution in [3.63, 3.8) is 0 Å². The van der Waals surface area contributed by atoms with Crippen LogP contribution in [0.5, 0.6) is 5.75 Å². The minimum atomic E-state index is -2.13. The summed E-state index contributed by atoms with van der Waals surface area (Å²) in [6, 6.07) is 15.7. The highest BCUT2D eigenvalue weighted by Gasteiger charge is 2.72. The van der Waals surface area contributed by atoms with Crippen molar-refractivity contribution in [2.75, 3.05) is 0 Å². The number of carbonyl (C=O) groups excluding carboxylic acids is 2. The fraction of sp³-hybridized carbons (Fsp3) is 0.250. The van der Waals surface area contributed by atoms with Crippen LogP contribution in [0.3, 0.4) is 0 Å². The maximum Gasteiger partial charge on any atom is 0.271 e. The summed E-state index contributed by atoms with van der Waals surface area (Å²) in [6.07, 6.45) is 3.94. The van der Waals surface area contributed by atoms with Gasteiger partial charge in [-0.2, -0.15) is 0 Å². The van der Waals surface area contributed by atoms with Gasteiger partial charge in [-0.1, -0.05) is 62.4 Å². The molecule has 176 valence electrons. The molecule has 1 aliphatic heterocycles. The molecule has 3 aliphatic rings. The third kappa shape index (κ3) is 2.82. The fourth-order valence-corrected chi connectivity index (χ4v) is 5.41. The number of nitrogens with two attached hydrogens (primary N) is 1. The van der Waals surface area contributed by atoms with Crippen LogP contribution >= 0.6 is 0 Å². The van der Waals surface area contributed by atoms with Crippen molar-refractivity contribution in [3.05, 3.63) is 94.7 Å². The monoisotopic (exact) mass is 467 g/mol. The van der Waals surface area contributed by atoms with Gasteiger partial charge in [-0.05, 0) is 36.1 Å².